The number of hydrogen-bond acceptors (Lipinski definition) is 4. The number of pyridine rings is 1. The summed E-state index contributed by atoms with van der Waals surface area (Å²) < 4.78 is 5.69. The van der Waals surface area contributed by atoms with Gasteiger partial charge < -0.3 is 15.2 Å². The van der Waals surface area contributed by atoms with E-state index in [-0.39, 0.29) is 18.6 Å². The van der Waals surface area contributed by atoms with Crippen molar-refractivity contribution in [2.24, 2.45) is 0 Å². The number of nitrogens with zero attached hydrogens (tertiary/aromatic N) is 1. The van der Waals surface area contributed by atoms with Crippen LogP contribution in [0, 0.1) is 0 Å². The van der Waals surface area contributed by atoms with Crippen molar-refractivity contribution in [3.63, 3.8) is 0 Å². The molecule has 5 heteroatoms. The van der Waals surface area contributed by atoms with Gasteiger partial charge in [-0.05, 0) is 43.2 Å². The second-order valence-corrected chi connectivity index (χ2v) is 4.90. The van der Waals surface area contributed by atoms with Gasteiger partial charge in [-0.1, -0.05) is 13.0 Å². The van der Waals surface area contributed by atoms with Gasteiger partial charge in [0.1, 0.15) is 11.5 Å². The van der Waals surface area contributed by atoms with Gasteiger partial charge in [0.2, 0.25) is 0 Å². The second-order valence-electron chi connectivity index (χ2n) is 4.90. The van der Waals surface area contributed by atoms with Gasteiger partial charge in [-0.25, -0.2) is 0 Å². The summed E-state index contributed by atoms with van der Waals surface area (Å²) in [5.74, 6) is 1.09. The first-order valence-corrected chi connectivity index (χ1v) is 7.32. The number of rotatable bonds is 7. The van der Waals surface area contributed by atoms with Crippen LogP contribution in [-0.4, -0.2) is 28.6 Å². The zero-order chi connectivity index (χ0) is 15.8. The second kappa shape index (κ2) is 8.14. The number of aliphatic hydroxyl groups is 1. The molecule has 5 nitrogen and oxygen atoms in total. The number of benzene rings is 1. The summed E-state index contributed by atoms with van der Waals surface area (Å²) in [6, 6.07) is 10.5. The van der Waals surface area contributed by atoms with Gasteiger partial charge in [-0.15, -0.1) is 0 Å². The fraction of sp³-hybridized carbons (Fsp3) is 0.294. The third kappa shape index (κ3) is 4.56. The maximum Gasteiger partial charge on any atom is 0.251 e. The van der Waals surface area contributed by atoms with Crippen LogP contribution in [0.3, 0.4) is 0 Å². The molecule has 1 amide bonds. The number of amides is 1. The molecule has 0 aliphatic rings. The molecular weight excluding hydrogens is 280 g/mol. The Hall–Kier alpha value is -2.40. The predicted molar refractivity (Wildman–Crippen MR) is 84.0 cm³/mol. The Kier molecular flexibility index (Phi) is 5.91. The highest BCUT2D eigenvalue weighted by atomic mass is 16.5. The molecule has 2 rings (SSSR count). The summed E-state index contributed by atoms with van der Waals surface area (Å²) in [5, 5.41) is 11.9. The van der Waals surface area contributed by atoms with E-state index < -0.39 is 0 Å². The topological polar surface area (TPSA) is 71.5 Å². The Morgan fingerprint density at radius 2 is 2.05 bits per heavy atom. The predicted octanol–water partition coefficient (Wildman–Crippen LogP) is 2.76. The highest BCUT2D eigenvalue weighted by Gasteiger charge is 2.12. The normalized spacial score (nSPS) is 11.7. The Bertz CT molecular complexity index is 602. The molecule has 0 aliphatic carbocycles. The smallest absolute Gasteiger partial charge is 0.251 e. The van der Waals surface area contributed by atoms with Gasteiger partial charge in [-0.3, -0.25) is 9.78 Å². The zero-order valence-electron chi connectivity index (χ0n) is 12.5. The molecule has 22 heavy (non-hydrogen) atoms. The number of ether oxygens (including phenoxy) is 1. The quantitative estimate of drug-likeness (QED) is 0.825. The molecule has 0 aliphatic heterocycles. The zero-order valence-corrected chi connectivity index (χ0v) is 12.5. The Balaban J connectivity index is 2.06. The van der Waals surface area contributed by atoms with Crippen molar-refractivity contribution < 1.29 is 14.6 Å². The number of carbonyl (C=O) groups excluding carboxylic acids is 1. The Labute approximate surface area is 130 Å². The van der Waals surface area contributed by atoms with E-state index >= 15 is 0 Å². The monoisotopic (exact) mass is 300 g/mol. The lowest BCUT2D eigenvalue weighted by molar-refractivity contribution is 0.0929. The first-order valence-electron chi connectivity index (χ1n) is 7.32. The van der Waals surface area contributed by atoms with Crippen LogP contribution in [0.15, 0.2) is 48.8 Å². The van der Waals surface area contributed by atoms with E-state index in [1.54, 1.807) is 48.8 Å². The minimum atomic E-state index is -0.166. The van der Waals surface area contributed by atoms with Crippen LogP contribution in [0.5, 0.6) is 11.5 Å². The Morgan fingerprint density at radius 1 is 1.27 bits per heavy atom. The molecule has 0 saturated heterocycles. The largest absolute Gasteiger partial charge is 0.457 e. The Morgan fingerprint density at radius 3 is 2.73 bits per heavy atom. The van der Waals surface area contributed by atoms with Crippen LogP contribution >= 0.6 is 0 Å². The molecule has 0 fully saturated rings. The lowest BCUT2D eigenvalue weighted by Crippen LogP contribution is -2.35. The fourth-order valence-corrected chi connectivity index (χ4v) is 2.05. The number of aliphatic hydroxyl groups excluding tert-OH is 1. The third-order valence-corrected chi connectivity index (χ3v) is 3.29. The van der Waals surface area contributed by atoms with Crippen LogP contribution in [0.1, 0.15) is 30.1 Å². The van der Waals surface area contributed by atoms with E-state index in [4.69, 9.17) is 9.84 Å². The van der Waals surface area contributed by atoms with Crippen molar-refractivity contribution in [1.29, 1.82) is 0 Å². The van der Waals surface area contributed by atoms with E-state index in [0.29, 0.717) is 23.5 Å². The molecule has 2 N–H and O–H groups in total. The molecular formula is C17H20N2O3. The number of aromatic nitrogens is 1. The van der Waals surface area contributed by atoms with Crippen LogP contribution in [0.2, 0.25) is 0 Å². The van der Waals surface area contributed by atoms with E-state index in [0.717, 1.165) is 6.42 Å². The van der Waals surface area contributed by atoms with Crippen LogP contribution in [-0.2, 0) is 0 Å². The summed E-state index contributed by atoms with van der Waals surface area (Å²) in [6.45, 7) is 2.04. The van der Waals surface area contributed by atoms with Crippen molar-refractivity contribution in [3.8, 4) is 11.5 Å². The maximum absolute atomic E-state index is 12.2. The SMILES string of the molecule is CCC(CCO)NC(=O)c1cccc(Oc2ccncc2)c1. The van der Waals surface area contributed by atoms with Crippen molar-refractivity contribution >= 4 is 5.91 Å². The van der Waals surface area contributed by atoms with Crippen molar-refractivity contribution in [2.45, 2.75) is 25.8 Å². The molecule has 0 saturated carbocycles. The average Bonchev–Trinajstić information content (AvgIpc) is 2.55. The molecule has 1 aromatic carbocycles. The molecule has 2 aromatic rings. The van der Waals surface area contributed by atoms with E-state index in [2.05, 4.69) is 10.3 Å². The molecule has 1 aromatic heterocycles. The summed E-state index contributed by atoms with van der Waals surface area (Å²) in [7, 11) is 0. The third-order valence-electron chi connectivity index (χ3n) is 3.29. The first kappa shape index (κ1) is 16.0. The lowest BCUT2D eigenvalue weighted by atomic mass is 10.1. The van der Waals surface area contributed by atoms with Crippen LogP contribution < -0.4 is 10.1 Å². The van der Waals surface area contributed by atoms with E-state index in [9.17, 15) is 4.79 Å². The minimum absolute atomic E-state index is 0.0257. The minimum Gasteiger partial charge on any atom is -0.457 e. The van der Waals surface area contributed by atoms with Crippen LogP contribution in [0.4, 0.5) is 0 Å². The molecule has 116 valence electrons. The van der Waals surface area contributed by atoms with Gasteiger partial charge in [0.05, 0.1) is 0 Å². The number of nitrogens with one attached hydrogen (secondary N) is 1. The summed E-state index contributed by atoms with van der Waals surface area (Å²) >= 11 is 0. The van der Waals surface area contributed by atoms with Gasteiger partial charge in [-0.2, -0.15) is 0 Å². The van der Waals surface area contributed by atoms with Gasteiger partial charge in [0.15, 0.2) is 0 Å². The van der Waals surface area contributed by atoms with Crippen molar-refractivity contribution in [1.82, 2.24) is 10.3 Å². The van der Waals surface area contributed by atoms with E-state index in [1.807, 2.05) is 6.92 Å². The van der Waals surface area contributed by atoms with Gasteiger partial charge in [0, 0.05) is 30.6 Å². The molecule has 1 atom stereocenters. The van der Waals surface area contributed by atoms with Crippen LogP contribution in [0.25, 0.3) is 0 Å². The molecule has 0 spiro atoms. The maximum atomic E-state index is 12.2. The van der Waals surface area contributed by atoms with E-state index in [1.165, 1.54) is 0 Å². The van der Waals surface area contributed by atoms with Crippen molar-refractivity contribution in [3.05, 3.63) is 54.4 Å². The fourth-order valence-electron chi connectivity index (χ4n) is 2.05. The number of hydrogen-bond donors (Lipinski definition) is 2. The lowest BCUT2D eigenvalue weighted by Gasteiger charge is -2.16. The summed E-state index contributed by atoms with van der Waals surface area (Å²) in [5.41, 5.74) is 0.531. The molecule has 1 unspecified atom stereocenters. The standard InChI is InChI=1S/C17H20N2O3/c1-2-14(8-11-20)19-17(21)13-4-3-5-16(12-13)22-15-6-9-18-10-7-15/h3-7,9-10,12,14,20H,2,8,11H2,1H3,(H,19,21). The highest BCUT2D eigenvalue weighted by molar-refractivity contribution is 5.94. The number of carbonyl (C=O) groups is 1. The summed E-state index contributed by atoms with van der Waals surface area (Å²) in [6.07, 6.45) is 4.62. The molecule has 0 radical (unpaired) electrons. The summed E-state index contributed by atoms with van der Waals surface area (Å²) in [4.78, 5) is 16.2. The average molecular weight is 300 g/mol. The van der Waals surface area contributed by atoms with Crippen molar-refractivity contribution in [2.75, 3.05) is 6.61 Å². The molecule has 0 bridgehead atoms. The molecule has 1 heterocycles. The highest BCUT2D eigenvalue weighted by Crippen LogP contribution is 2.21. The van der Waals surface area contributed by atoms with Gasteiger partial charge in [0.25, 0.3) is 5.91 Å². The first-order chi connectivity index (χ1) is 10.7. The van der Waals surface area contributed by atoms with Gasteiger partial charge >= 0.3 is 0 Å².